The monoisotopic (exact) mass is 435 g/mol. The van der Waals surface area contributed by atoms with Gasteiger partial charge in [0.2, 0.25) is 10.0 Å². The summed E-state index contributed by atoms with van der Waals surface area (Å²) in [4.78, 5) is 11.7. The van der Waals surface area contributed by atoms with Crippen molar-refractivity contribution in [3.8, 4) is 11.8 Å². The number of benzene rings is 1. The maximum atomic E-state index is 11.6. The molecule has 0 fully saturated rings. The summed E-state index contributed by atoms with van der Waals surface area (Å²) in [6.45, 7) is 5.69. The number of carbonyl (C=O) groups excluding carboxylic acids is 1. The number of carbonyl (C=O) groups is 1. The number of sulfonamides is 1. The minimum absolute atomic E-state index is 0.0947. The van der Waals surface area contributed by atoms with Crippen molar-refractivity contribution in [1.82, 2.24) is 0 Å². The van der Waals surface area contributed by atoms with Gasteiger partial charge in [-0.1, -0.05) is 62.9 Å². The molecule has 1 rings (SSSR count). The van der Waals surface area contributed by atoms with E-state index in [9.17, 15) is 13.2 Å². The SMILES string of the molecule is CC(C)(C)OC(=O)CCCCCCCCCCCC#Cc1cccc(S(N)(=O)=O)c1. The van der Waals surface area contributed by atoms with Gasteiger partial charge in [-0.05, 0) is 51.8 Å². The van der Waals surface area contributed by atoms with Crippen LogP contribution in [0.2, 0.25) is 0 Å². The lowest BCUT2D eigenvalue weighted by molar-refractivity contribution is -0.154. The Morgan fingerprint density at radius 3 is 2.10 bits per heavy atom. The number of ether oxygens (including phenoxy) is 1. The standard InChI is InChI=1S/C24H37NO4S/c1-24(2,3)29-23(26)19-14-12-10-8-6-4-5-7-9-11-13-16-21-17-15-18-22(20-21)30(25,27)28/h15,17-18,20H,4-12,14,19H2,1-3H3,(H2,25,27,28). The van der Waals surface area contributed by atoms with Gasteiger partial charge in [-0.15, -0.1) is 0 Å². The zero-order chi connectivity index (χ0) is 22.5. The van der Waals surface area contributed by atoms with E-state index in [4.69, 9.17) is 9.88 Å². The Bertz CT molecular complexity index is 814. The summed E-state index contributed by atoms with van der Waals surface area (Å²) in [5.74, 6) is 6.02. The van der Waals surface area contributed by atoms with Crippen molar-refractivity contribution in [1.29, 1.82) is 0 Å². The molecule has 1 aromatic rings. The third-order valence-corrected chi connectivity index (χ3v) is 5.41. The Morgan fingerprint density at radius 2 is 1.53 bits per heavy atom. The first-order valence-electron chi connectivity index (χ1n) is 10.9. The lowest BCUT2D eigenvalue weighted by Crippen LogP contribution is -2.23. The number of nitrogens with two attached hydrogens (primary N) is 1. The van der Waals surface area contributed by atoms with Gasteiger partial charge >= 0.3 is 5.97 Å². The summed E-state index contributed by atoms with van der Waals surface area (Å²) >= 11 is 0. The van der Waals surface area contributed by atoms with Crippen LogP contribution in [0.4, 0.5) is 0 Å². The van der Waals surface area contributed by atoms with E-state index in [0.29, 0.717) is 12.0 Å². The maximum Gasteiger partial charge on any atom is 0.306 e. The average Bonchev–Trinajstić information content (AvgIpc) is 2.63. The van der Waals surface area contributed by atoms with E-state index >= 15 is 0 Å². The number of primary sulfonamides is 1. The molecule has 0 aliphatic heterocycles. The minimum Gasteiger partial charge on any atom is -0.460 e. The van der Waals surface area contributed by atoms with Crippen molar-refractivity contribution < 1.29 is 17.9 Å². The fourth-order valence-corrected chi connectivity index (χ4v) is 3.59. The van der Waals surface area contributed by atoms with E-state index in [-0.39, 0.29) is 16.5 Å². The normalized spacial score (nSPS) is 11.6. The van der Waals surface area contributed by atoms with Crippen molar-refractivity contribution in [2.24, 2.45) is 5.14 Å². The minimum atomic E-state index is -3.68. The third-order valence-electron chi connectivity index (χ3n) is 4.50. The molecule has 2 N–H and O–H groups in total. The highest BCUT2D eigenvalue weighted by Crippen LogP contribution is 2.14. The van der Waals surface area contributed by atoms with Crippen molar-refractivity contribution in [2.75, 3.05) is 0 Å². The summed E-state index contributed by atoms with van der Waals surface area (Å²) in [5.41, 5.74) is 0.287. The van der Waals surface area contributed by atoms with Crippen LogP contribution in [0.5, 0.6) is 0 Å². The maximum absolute atomic E-state index is 11.6. The first-order chi connectivity index (χ1) is 14.1. The van der Waals surface area contributed by atoms with Gasteiger partial charge in [0, 0.05) is 18.4 Å². The summed E-state index contributed by atoms with van der Waals surface area (Å²) in [6, 6.07) is 6.42. The molecule has 0 spiro atoms. The van der Waals surface area contributed by atoms with Gasteiger partial charge in [0.15, 0.2) is 0 Å². The molecule has 0 atom stereocenters. The molecule has 30 heavy (non-hydrogen) atoms. The largest absolute Gasteiger partial charge is 0.460 e. The summed E-state index contributed by atoms with van der Waals surface area (Å²) < 4.78 is 28.0. The molecule has 0 radical (unpaired) electrons. The lowest BCUT2D eigenvalue weighted by Gasteiger charge is -2.19. The predicted molar refractivity (Wildman–Crippen MR) is 121 cm³/mol. The second-order valence-corrected chi connectivity index (χ2v) is 10.2. The summed E-state index contributed by atoms with van der Waals surface area (Å²) in [6.07, 6.45) is 11.6. The molecule has 0 aliphatic rings. The fourth-order valence-electron chi connectivity index (χ4n) is 3.03. The van der Waals surface area contributed by atoms with Gasteiger partial charge in [-0.3, -0.25) is 4.79 Å². The van der Waals surface area contributed by atoms with Gasteiger partial charge in [0.25, 0.3) is 0 Å². The molecular formula is C24H37NO4S. The number of hydrogen-bond acceptors (Lipinski definition) is 4. The fraction of sp³-hybridized carbons (Fsp3) is 0.625. The van der Waals surface area contributed by atoms with Crippen molar-refractivity contribution >= 4 is 16.0 Å². The predicted octanol–water partition coefficient (Wildman–Crippen LogP) is 5.32. The molecule has 6 heteroatoms. The van der Waals surface area contributed by atoms with Crippen molar-refractivity contribution in [2.45, 2.75) is 102 Å². The number of esters is 1. The molecule has 0 amide bonds. The van der Waals surface area contributed by atoms with Crippen molar-refractivity contribution in [3.63, 3.8) is 0 Å². The molecule has 5 nitrogen and oxygen atoms in total. The highest BCUT2D eigenvalue weighted by atomic mass is 32.2. The van der Waals surface area contributed by atoms with Gasteiger partial charge in [0.05, 0.1) is 4.90 Å². The zero-order valence-corrected chi connectivity index (χ0v) is 19.5. The van der Waals surface area contributed by atoms with E-state index < -0.39 is 10.0 Å². The molecule has 0 unspecified atom stereocenters. The van der Waals surface area contributed by atoms with Crippen LogP contribution in [-0.4, -0.2) is 20.0 Å². The van der Waals surface area contributed by atoms with Gasteiger partial charge < -0.3 is 4.74 Å². The molecule has 1 aromatic carbocycles. The van der Waals surface area contributed by atoms with Crippen LogP contribution in [0.25, 0.3) is 0 Å². The smallest absolute Gasteiger partial charge is 0.306 e. The Hall–Kier alpha value is -1.84. The Morgan fingerprint density at radius 1 is 0.967 bits per heavy atom. The summed E-state index contributed by atoms with van der Waals surface area (Å²) in [7, 11) is -3.68. The molecule has 0 heterocycles. The van der Waals surface area contributed by atoms with Gasteiger partial charge in [-0.2, -0.15) is 0 Å². The van der Waals surface area contributed by atoms with Crippen LogP contribution in [0.1, 0.15) is 97.0 Å². The second-order valence-electron chi connectivity index (χ2n) is 8.64. The van der Waals surface area contributed by atoms with Crippen LogP contribution in [0.15, 0.2) is 29.2 Å². The first kappa shape index (κ1) is 26.2. The number of unbranched alkanes of at least 4 members (excludes halogenated alkanes) is 9. The number of rotatable bonds is 12. The topological polar surface area (TPSA) is 86.5 Å². The molecule has 168 valence electrons. The lowest BCUT2D eigenvalue weighted by atomic mass is 10.1. The van der Waals surface area contributed by atoms with E-state index in [1.165, 1.54) is 44.2 Å². The Labute approximate surface area is 182 Å². The molecule has 0 aliphatic carbocycles. The highest BCUT2D eigenvalue weighted by Gasteiger charge is 2.15. The van der Waals surface area contributed by atoms with Crippen LogP contribution < -0.4 is 5.14 Å². The Kier molecular flexibility index (Phi) is 11.8. The zero-order valence-electron chi connectivity index (χ0n) is 18.7. The quantitative estimate of drug-likeness (QED) is 0.273. The van der Waals surface area contributed by atoms with Crippen LogP contribution in [-0.2, 0) is 19.6 Å². The average molecular weight is 436 g/mol. The molecule has 0 saturated heterocycles. The molecule has 0 bridgehead atoms. The van der Waals surface area contributed by atoms with Gasteiger partial charge in [0.1, 0.15) is 5.60 Å². The van der Waals surface area contributed by atoms with E-state index in [0.717, 1.165) is 32.1 Å². The second kappa shape index (κ2) is 13.5. The molecule has 0 aromatic heterocycles. The van der Waals surface area contributed by atoms with Gasteiger partial charge in [-0.25, -0.2) is 13.6 Å². The van der Waals surface area contributed by atoms with E-state index in [1.807, 2.05) is 20.8 Å². The van der Waals surface area contributed by atoms with E-state index in [1.54, 1.807) is 12.1 Å². The molecule has 0 saturated carbocycles. The van der Waals surface area contributed by atoms with Crippen LogP contribution >= 0.6 is 0 Å². The summed E-state index contributed by atoms with van der Waals surface area (Å²) in [5, 5.41) is 5.13. The Balaban J connectivity index is 2.01. The third kappa shape index (κ3) is 13.4. The van der Waals surface area contributed by atoms with Crippen molar-refractivity contribution in [3.05, 3.63) is 29.8 Å². The molecular weight excluding hydrogens is 398 g/mol. The van der Waals surface area contributed by atoms with Crippen LogP contribution in [0.3, 0.4) is 0 Å². The first-order valence-corrected chi connectivity index (χ1v) is 12.5. The highest BCUT2D eigenvalue weighted by molar-refractivity contribution is 7.89. The van der Waals surface area contributed by atoms with Crippen LogP contribution in [0, 0.1) is 11.8 Å². The number of hydrogen-bond donors (Lipinski definition) is 1. The van der Waals surface area contributed by atoms with E-state index in [2.05, 4.69) is 11.8 Å².